The lowest BCUT2D eigenvalue weighted by Gasteiger charge is -2.17. The molecule has 3 rings (SSSR count). The molecule has 3 nitrogen and oxygen atoms in total. The second-order valence-electron chi connectivity index (χ2n) is 6.37. The van der Waals surface area contributed by atoms with Crippen molar-refractivity contribution in [2.24, 2.45) is 7.05 Å². The van der Waals surface area contributed by atoms with Crippen LogP contribution in [-0.2, 0) is 7.05 Å². The topological polar surface area (TPSA) is 37.8 Å². The Bertz CT molecular complexity index is 1170. The van der Waals surface area contributed by atoms with Crippen molar-refractivity contribution < 1.29 is 8.78 Å². The van der Waals surface area contributed by atoms with Crippen molar-refractivity contribution >= 4 is 0 Å². The van der Waals surface area contributed by atoms with Crippen molar-refractivity contribution in [3.63, 3.8) is 0 Å². The summed E-state index contributed by atoms with van der Waals surface area (Å²) in [5.74, 6) is 9.36. The maximum Gasteiger partial charge on any atom is 0.254 e. The van der Waals surface area contributed by atoms with Crippen molar-refractivity contribution in [2.45, 2.75) is 19.3 Å². The predicted molar refractivity (Wildman–Crippen MR) is 105 cm³/mol. The molecule has 0 saturated heterocycles. The third kappa shape index (κ3) is 4.22. The molecule has 0 aliphatic carbocycles. The number of nitrogens with zero attached hydrogens (tertiary/aromatic N) is 1. The number of halogens is 2. The van der Waals surface area contributed by atoms with Crippen LogP contribution in [0.25, 0.3) is 0 Å². The highest BCUT2D eigenvalue weighted by atomic mass is 19.1. The number of hydrogen-bond donors (Lipinski definition) is 1. The fourth-order valence-corrected chi connectivity index (χ4v) is 2.88. The minimum atomic E-state index is -0.698. The van der Waals surface area contributed by atoms with Crippen LogP contribution in [0.1, 0.15) is 34.7 Å². The molecule has 0 aliphatic heterocycles. The molecule has 0 amide bonds. The number of aromatic amines is 1. The second-order valence-corrected chi connectivity index (χ2v) is 6.37. The Labute approximate surface area is 162 Å². The Morgan fingerprint density at radius 1 is 1.11 bits per heavy atom. The van der Waals surface area contributed by atoms with Crippen LogP contribution in [0.3, 0.4) is 0 Å². The standard InChI is InChI=1S/C23H18F2N2O/c1-16-8-10-20(23(28)27(16)2)19(21-14-18(24)9-11-22(21)25)7-5-3-4-6-17-12-13-26-15-17/h8-15,19,26H,7H2,1-2H3. The van der Waals surface area contributed by atoms with E-state index in [1.807, 2.05) is 6.07 Å². The van der Waals surface area contributed by atoms with Gasteiger partial charge in [0.1, 0.15) is 11.6 Å². The molecular weight excluding hydrogens is 358 g/mol. The van der Waals surface area contributed by atoms with Crippen LogP contribution < -0.4 is 5.56 Å². The van der Waals surface area contributed by atoms with E-state index in [9.17, 15) is 13.6 Å². The molecule has 0 radical (unpaired) electrons. The van der Waals surface area contributed by atoms with E-state index in [1.54, 1.807) is 38.5 Å². The molecule has 1 atom stereocenters. The van der Waals surface area contributed by atoms with Gasteiger partial charge in [-0.05, 0) is 54.7 Å². The molecule has 5 heteroatoms. The first-order chi connectivity index (χ1) is 13.5. The van der Waals surface area contributed by atoms with E-state index in [4.69, 9.17) is 0 Å². The summed E-state index contributed by atoms with van der Waals surface area (Å²) in [5.41, 5.74) is 1.79. The van der Waals surface area contributed by atoms with Gasteiger partial charge in [-0.25, -0.2) is 8.78 Å². The molecule has 1 unspecified atom stereocenters. The van der Waals surface area contributed by atoms with Gasteiger partial charge in [-0.1, -0.05) is 17.9 Å². The summed E-state index contributed by atoms with van der Waals surface area (Å²) in [6, 6.07) is 8.48. The molecular formula is C23H18F2N2O. The van der Waals surface area contributed by atoms with Crippen LogP contribution in [-0.4, -0.2) is 9.55 Å². The van der Waals surface area contributed by atoms with Gasteiger partial charge in [-0.15, -0.1) is 0 Å². The van der Waals surface area contributed by atoms with E-state index in [2.05, 4.69) is 28.7 Å². The van der Waals surface area contributed by atoms with Gasteiger partial charge in [-0.3, -0.25) is 4.79 Å². The summed E-state index contributed by atoms with van der Waals surface area (Å²) in [7, 11) is 1.65. The SMILES string of the molecule is Cc1ccc(C(CC#CC#Cc2cc[nH]c2)c2cc(F)ccc2F)c(=O)n1C. The minimum absolute atomic E-state index is 0.105. The number of rotatable bonds is 3. The van der Waals surface area contributed by atoms with Crippen LogP contribution in [0.2, 0.25) is 0 Å². The quantitative estimate of drug-likeness (QED) is 0.692. The summed E-state index contributed by atoms with van der Waals surface area (Å²) in [6.45, 7) is 1.80. The summed E-state index contributed by atoms with van der Waals surface area (Å²) in [4.78, 5) is 15.6. The van der Waals surface area contributed by atoms with E-state index in [0.29, 0.717) is 5.56 Å². The van der Waals surface area contributed by atoms with Gasteiger partial charge in [0.15, 0.2) is 0 Å². The maximum atomic E-state index is 14.4. The Kier molecular flexibility index (Phi) is 5.77. The average Bonchev–Trinajstić information content (AvgIpc) is 3.19. The summed E-state index contributed by atoms with van der Waals surface area (Å²) >= 11 is 0. The maximum absolute atomic E-state index is 14.4. The molecule has 1 aromatic carbocycles. The molecule has 0 saturated carbocycles. The van der Waals surface area contributed by atoms with Crippen LogP contribution in [0, 0.1) is 42.2 Å². The molecule has 2 heterocycles. The molecule has 0 fully saturated rings. The van der Waals surface area contributed by atoms with Gasteiger partial charge in [0.05, 0.1) is 0 Å². The van der Waals surface area contributed by atoms with E-state index < -0.39 is 17.6 Å². The van der Waals surface area contributed by atoms with E-state index >= 15 is 0 Å². The lowest BCUT2D eigenvalue weighted by Crippen LogP contribution is -2.25. The minimum Gasteiger partial charge on any atom is -0.367 e. The molecule has 0 bridgehead atoms. The van der Waals surface area contributed by atoms with Gasteiger partial charge >= 0.3 is 0 Å². The lowest BCUT2D eigenvalue weighted by atomic mass is 9.88. The smallest absolute Gasteiger partial charge is 0.254 e. The highest BCUT2D eigenvalue weighted by Crippen LogP contribution is 2.28. The molecule has 0 aliphatic rings. The van der Waals surface area contributed by atoms with E-state index in [1.165, 1.54) is 4.57 Å². The Balaban J connectivity index is 2.00. The third-order valence-corrected chi connectivity index (χ3v) is 4.56. The number of H-pyrrole nitrogens is 1. The summed E-state index contributed by atoms with van der Waals surface area (Å²) in [5, 5.41) is 0. The number of hydrogen-bond acceptors (Lipinski definition) is 1. The van der Waals surface area contributed by atoms with Gasteiger partial charge in [-0.2, -0.15) is 0 Å². The van der Waals surface area contributed by atoms with Crippen LogP contribution in [0.15, 0.2) is 53.6 Å². The van der Waals surface area contributed by atoms with Crippen LogP contribution in [0.4, 0.5) is 8.78 Å². The van der Waals surface area contributed by atoms with Crippen molar-refractivity contribution in [3.8, 4) is 23.7 Å². The fourth-order valence-electron chi connectivity index (χ4n) is 2.88. The molecule has 2 aromatic heterocycles. The van der Waals surface area contributed by atoms with E-state index in [0.717, 1.165) is 29.5 Å². The number of pyridine rings is 1. The largest absolute Gasteiger partial charge is 0.367 e. The zero-order chi connectivity index (χ0) is 20.1. The second kappa shape index (κ2) is 8.41. The number of aromatic nitrogens is 2. The lowest BCUT2D eigenvalue weighted by molar-refractivity contribution is 0.573. The Hall–Kier alpha value is -3.57. The van der Waals surface area contributed by atoms with Crippen LogP contribution in [0.5, 0.6) is 0 Å². The number of aryl methyl sites for hydroxylation is 1. The first-order valence-corrected chi connectivity index (χ1v) is 8.70. The van der Waals surface area contributed by atoms with Crippen LogP contribution >= 0.6 is 0 Å². The normalized spacial score (nSPS) is 11.1. The first-order valence-electron chi connectivity index (χ1n) is 8.70. The van der Waals surface area contributed by atoms with Gasteiger partial charge in [0.2, 0.25) is 0 Å². The Morgan fingerprint density at radius 3 is 2.68 bits per heavy atom. The van der Waals surface area contributed by atoms with E-state index in [-0.39, 0.29) is 17.5 Å². The van der Waals surface area contributed by atoms with Gasteiger partial charge in [0.25, 0.3) is 5.56 Å². The molecule has 28 heavy (non-hydrogen) atoms. The number of benzene rings is 1. The highest BCUT2D eigenvalue weighted by molar-refractivity contribution is 5.40. The zero-order valence-corrected chi connectivity index (χ0v) is 15.5. The van der Waals surface area contributed by atoms with Gasteiger partial charge in [0, 0.05) is 48.6 Å². The van der Waals surface area contributed by atoms with Crippen molar-refractivity contribution in [1.82, 2.24) is 9.55 Å². The monoisotopic (exact) mass is 376 g/mol. The van der Waals surface area contributed by atoms with Crippen molar-refractivity contribution in [3.05, 3.63) is 93.2 Å². The average molecular weight is 376 g/mol. The van der Waals surface area contributed by atoms with Gasteiger partial charge < -0.3 is 9.55 Å². The number of nitrogens with one attached hydrogen (secondary N) is 1. The summed E-state index contributed by atoms with van der Waals surface area (Å²) < 4.78 is 29.7. The zero-order valence-electron chi connectivity index (χ0n) is 15.5. The van der Waals surface area contributed by atoms with Crippen molar-refractivity contribution in [2.75, 3.05) is 0 Å². The molecule has 1 N–H and O–H groups in total. The van der Waals surface area contributed by atoms with Crippen molar-refractivity contribution in [1.29, 1.82) is 0 Å². The summed E-state index contributed by atoms with van der Waals surface area (Å²) in [6.07, 6.45) is 3.64. The highest BCUT2D eigenvalue weighted by Gasteiger charge is 2.21. The predicted octanol–water partition coefficient (Wildman–Crippen LogP) is 3.88. The molecule has 3 aromatic rings. The first kappa shape index (κ1) is 19.2. The fraction of sp³-hybridized carbons (Fsp3) is 0.174. The molecule has 0 spiro atoms. The Morgan fingerprint density at radius 2 is 1.93 bits per heavy atom. The molecule has 140 valence electrons. The third-order valence-electron chi connectivity index (χ3n) is 4.56.